The van der Waals surface area contributed by atoms with E-state index in [0.717, 1.165) is 25.3 Å². The number of hydrogen-bond donors (Lipinski definition) is 2. The second-order valence-electron chi connectivity index (χ2n) is 7.09. The van der Waals surface area contributed by atoms with Gasteiger partial charge in [-0.2, -0.15) is 0 Å². The van der Waals surface area contributed by atoms with Crippen molar-refractivity contribution in [2.24, 2.45) is 0 Å². The van der Waals surface area contributed by atoms with Crippen molar-refractivity contribution in [2.75, 3.05) is 5.32 Å². The van der Waals surface area contributed by atoms with E-state index in [4.69, 9.17) is 0 Å². The molecule has 33 heavy (non-hydrogen) atoms. The minimum absolute atomic E-state index is 0.00663. The Labute approximate surface area is 194 Å². The molecule has 2 N–H and O–H groups in total. The highest BCUT2D eigenvalue weighted by atomic mass is 32.1. The number of aromatic nitrogens is 2. The number of thiophene rings is 2. The molecule has 0 aliphatic carbocycles. The summed E-state index contributed by atoms with van der Waals surface area (Å²) >= 11 is 2.66. The van der Waals surface area contributed by atoms with E-state index in [2.05, 4.69) is 10.6 Å². The number of rotatable bonds is 8. The lowest BCUT2D eigenvalue weighted by Crippen LogP contribution is -2.42. The van der Waals surface area contributed by atoms with Gasteiger partial charge < -0.3 is 10.6 Å². The summed E-state index contributed by atoms with van der Waals surface area (Å²) in [4.78, 5) is 51.6. The molecule has 11 heteroatoms. The zero-order valence-electron chi connectivity index (χ0n) is 17.2. The fourth-order valence-corrected chi connectivity index (χ4v) is 4.77. The Hall–Kier alpha value is -3.57. The summed E-state index contributed by atoms with van der Waals surface area (Å²) in [5, 5.41) is 8.74. The van der Waals surface area contributed by atoms with E-state index in [0.29, 0.717) is 16.8 Å². The second-order valence-corrected chi connectivity index (χ2v) is 9.04. The third kappa shape index (κ3) is 5.10. The maximum absolute atomic E-state index is 13.9. The molecule has 0 aliphatic rings. The van der Waals surface area contributed by atoms with Gasteiger partial charge in [0.2, 0.25) is 11.8 Å². The van der Waals surface area contributed by atoms with Crippen LogP contribution in [0.5, 0.6) is 0 Å². The summed E-state index contributed by atoms with van der Waals surface area (Å²) in [5.74, 6) is -1.52. The van der Waals surface area contributed by atoms with Gasteiger partial charge in [-0.3, -0.25) is 23.5 Å². The van der Waals surface area contributed by atoms with E-state index < -0.39 is 29.5 Å². The largest absolute Gasteiger partial charge is 0.351 e. The van der Waals surface area contributed by atoms with Crippen LogP contribution in [-0.4, -0.2) is 20.9 Å². The van der Waals surface area contributed by atoms with Crippen molar-refractivity contribution in [3.63, 3.8) is 0 Å². The zero-order valence-corrected chi connectivity index (χ0v) is 18.9. The average Bonchev–Trinajstić information content (AvgIpc) is 3.49. The number of nitrogens with one attached hydrogen (secondary N) is 2. The van der Waals surface area contributed by atoms with Gasteiger partial charge in [-0.05, 0) is 35.0 Å². The molecule has 0 aliphatic heterocycles. The van der Waals surface area contributed by atoms with E-state index in [-0.39, 0.29) is 24.6 Å². The van der Waals surface area contributed by atoms with E-state index in [1.165, 1.54) is 29.5 Å². The van der Waals surface area contributed by atoms with Crippen LogP contribution in [0.25, 0.3) is 10.2 Å². The molecule has 2 amide bonds. The van der Waals surface area contributed by atoms with Crippen LogP contribution in [-0.2, 0) is 29.2 Å². The summed E-state index contributed by atoms with van der Waals surface area (Å²) in [6.45, 7) is -0.169. The number of halogens is 1. The van der Waals surface area contributed by atoms with Crippen LogP contribution in [0.1, 0.15) is 11.3 Å². The first kappa shape index (κ1) is 22.6. The Morgan fingerprint density at radius 1 is 0.939 bits per heavy atom. The van der Waals surface area contributed by atoms with Gasteiger partial charge in [-0.25, -0.2) is 9.18 Å². The maximum Gasteiger partial charge on any atom is 0.332 e. The highest BCUT2D eigenvalue weighted by Gasteiger charge is 2.18. The van der Waals surface area contributed by atoms with Crippen LogP contribution in [0, 0.1) is 5.82 Å². The molecule has 0 bridgehead atoms. The number of para-hydroxylation sites is 1. The maximum atomic E-state index is 13.9. The molecule has 0 atom stereocenters. The summed E-state index contributed by atoms with van der Waals surface area (Å²) < 4.78 is 16.3. The number of amides is 2. The van der Waals surface area contributed by atoms with Crippen molar-refractivity contribution in [1.29, 1.82) is 0 Å². The molecule has 0 radical (unpaired) electrons. The standard InChI is InChI=1S/C22H19FN4O4S2/c23-15-5-1-2-6-16(15)25-19(29)13-27-17-8-11-33-20(17)21(30)26(22(27)31)9-7-18(28)24-12-14-4-3-10-32-14/h1-6,8,10-11H,7,9,12-13H2,(H,24,28)(H,25,29). The van der Waals surface area contributed by atoms with E-state index >= 15 is 0 Å². The quantitative estimate of drug-likeness (QED) is 0.400. The molecule has 0 spiro atoms. The third-order valence-corrected chi connectivity index (χ3v) is 6.66. The molecule has 3 aromatic heterocycles. The molecule has 0 fully saturated rings. The number of carbonyl (C=O) groups excluding carboxylic acids is 2. The first-order chi connectivity index (χ1) is 15.9. The highest BCUT2D eigenvalue weighted by Crippen LogP contribution is 2.16. The van der Waals surface area contributed by atoms with Gasteiger partial charge in [0.15, 0.2) is 0 Å². The second kappa shape index (κ2) is 9.92. The first-order valence-electron chi connectivity index (χ1n) is 9.98. The smallest absolute Gasteiger partial charge is 0.332 e. The number of nitrogens with zero attached hydrogens (tertiary/aromatic N) is 2. The van der Waals surface area contributed by atoms with Gasteiger partial charge in [0.25, 0.3) is 5.56 Å². The number of fused-ring (bicyclic) bond motifs is 1. The van der Waals surface area contributed by atoms with E-state index in [9.17, 15) is 23.6 Å². The number of hydrogen-bond acceptors (Lipinski definition) is 6. The minimum Gasteiger partial charge on any atom is -0.351 e. The minimum atomic E-state index is -0.708. The Kier molecular flexibility index (Phi) is 6.80. The van der Waals surface area contributed by atoms with Crippen molar-refractivity contribution in [1.82, 2.24) is 14.5 Å². The van der Waals surface area contributed by atoms with Gasteiger partial charge in [0.05, 0.1) is 17.7 Å². The zero-order chi connectivity index (χ0) is 23.4. The Balaban J connectivity index is 1.53. The van der Waals surface area contributed by atoms with Gasteiger partial charge in [-0.1, -0.05) is 18.2 Å². The summed E-state index contributed by atoms with van der Waals surface area (Å²) in [7, 11) is 0. The third-order valence-electron chi connectivity index (χ3n) is 4.89. The van der Waals surface area contributed by atoms with E-state index in [1.54, 1.807) is 17.5 Å². The molecule has 170 valence electrons. The Morgan fingerprint density at radius 2 is 1.76 bits per heavy atom. The van der Waals surface area contributed by atoms with E-state index in [1.807, 2.05) is 17.5 Å². The van der Waals surface area contributed by atoms with Gasteiger partial charge in [0, 0.05) is 17.8 Å². The number of anilines is 1. The normalized spacial score (nSPS) is 10.9. The van der Waals surface area contributed by atoms with Gasteiger partial charge in [0.1, 0.15) is 17.1 Å². The van der Waals surface area contributed by atoms with Crippen molar-refractivity contribution in [2.45, 2.75) is 26.1 Å². The lowest BCUT2D eigenvalue weighted by Gasteiger charge is -2.13. The van der Waals surface area contributed by atoms with Crippen LogP contribution in [0.4, 0.5) is 10.1 Å². The first-order valence-corrected chi connectivity index (χ1v) is 11.7. The molecule has 0 saturated heterocycles. The number of benzene rings is 1. The van der Waals surface area contributed by atoms with Crippen LogP contribution in [0.15, 0.2) is 62.8 Å². The average molecular weight is 487 g/mol. The molecule has 4 rings (SSSR count). The number of carbonyl (C=O) groups is 2. The van der Waals surface area contributed by atoms with Crippen molar-refractivity contribution in [3.05, 3.63) is 84.8 Å². The molecule has 4 aromatic rings. The van der Waals surface area contributed by atoms with Crippen molar-refractivity contribution >= 4 is 50.4 Å². The molecule has 0 unspecified atom stereocenters. The van der Waals surface area contributed by atoms with Crippen LogP contribution in [0.2, 0.25) is 0 Å². The molecule has 0 saturated carbocycles. The fraction of sp³-hybridized carbons (Fsp3) is 0.182. The highest BCUT2D eigenvalue weighted by molar-refractivity contribution is 7.17. The van der Waals surface area contributed by atoms with Gasteiger partial charge in [-0.15, -0.1) is 22.7 Å². The monoisotopic (exact) mass is 486 g/mol. The lowest BCUT2D eigenvalue weighted by molar-refractivity contribution is -0.121. The van der Waals surface area contributed by atoms with Crippen LogP contribution in [0.3, 0.4) is 0 Å². The SMILES string of the molecule is O=C(CCn1c(=O)c2sccc2n(CC(=O)Nc2ccccc2F)c1=O)NCc1cccs1. The topological polar surface area (TPSA) is 102 Å². The molecule has 3 heterocycles. The van der Waals surface area contributed by atoms with Crippen LogP contribution < -0.4 is 21.9 Å². The molecular formula is C22H19FN4O4S2. The lowest BCUT2D eigenvalue weighted by atomic mass is 10.3. The molecule has 8 nitrogen and oxygen atoms in total. The summed E-state index contributed by atoms with van der Waals surface area (Å²) in [6.07, 6.45) is -0.0706. The predicted molar refractivity (Wildman–Crippen MR) is 126 cm³/mol. The fourth-order valence-electron chi connectivity index (χ4n) is 3.28. The van der Waals surface area contributed by atoms with Gasteiger partial charge >= 0.3 is 5.69 Å². The summed E-state index contributed by atoms with van der Waals surface area (Å²) in [5.41, 5.74) is -0.910. The molecular weight excluding hydrogens is 467 g/mol. The Morgan fingerprint density at radius 3 is 2.52 bits per heavy atom. The molecule has 1 aromatic carbocycles. The van der Waals surface area contributed by atoms with Crippen molar-refractivity contribution in [3.8, 4) is 0 Å². The van der Waals surface area contributed by atoms with Crippen molar-refractivity contribution < 1.29 is 14.0 Å². The van der Waals surface area contributed by atoms with Crippen LogP contribution >= 0.6 is 22.7 Å². The predicted octanol–water partition coefficient (Wildman–Crippen LogP) is 2.77. The summed E-state index contributed by atoms with van der Waals surface area (Å²) in [6, 6.07) is 11.0. The Bertz CT molecular complexity index is 1420.